The standard InChI is InChI=1S/C20H20ClN3O2S2/c1-13(25)24-9-8-16-17(11-22)20(28-18(16)12-24)23-19(26)3-2-10-27-15-6-4-14(21)5-7-15/h4-7H,2-3,8-10,12H2,1H3,(H,23,26). The Morgan fingerprint density at radius 2 is 2.11 bits per heavy atom. The van der Waals surface area contributed by atoms with E-state index in [1.165, 1.54) is 11.3 Å². The van der Waals surface area contributed by atoms with Gasteiger partial charge in [0.1, 0.15) is 11.1 Å². The molecule has 0 saturated carbocycles. The highest BCUT2D eigenvalue weighted by Crippen LogP contribution is 2.36. The molecule has 3 rings (SSSR count). The smallest absolute Gasteiger partial charge is 0.225 e. The molecule has 5 nitrogen and oxygen atoms in total. The van der Waals surface area contributed by atoms with Crippen molar-refractivity contribution in [3.05, 3.63) is 45.3 Å². The topological polar surface area (TPSA) is 73.2 Å². The Hall–Kier alpha value is -2.01. The van der Waals surface area contributed by atoms with Gasteiger partial charge in [-0.15, -0.1) is 23.1 Å². The number of halogens is 1. The van der Waals surface area contributed by atoms with Gasteiger partial charge in [-0.3, -0.25) is 9.59 Å². The molecule has 28 heavy (non-hydrogen) atoms. The third-order valence-electron chi connectivity index (χ3n) is 4.50. The molecule has 1 N–H and O–H groups in total. The summed E-state index contributed by atoms with van der Waals surface area (Å²) in [7, 11) is 0. The molecule has 8 heteroatoms. The minimum atomic E-state index is -0.0878. The van der Waals surface area contributed by atoms with Gasteiger partial charge >= 0.3 is 0 Å². The second-order valence-electron chi connectivity index (χ2n) is 6.46. The van der Waals surface area contributed by atoms with E-state index in [-0.39, 0.29) is 11.8 Å². The third-order valence-corrected chi connectivity index (χ3v) is 6.98. The number of thioether (sulfide) groups is 1. The molecule has 0 unspecified atom stereocenters. The lowest BCUT2D eigenvalue weighted by Crippen LogP contribution is -2.33. The average Bonchev–Trinajstić information content (AvgIpc) is 3.02. The fourth-order valence-electron chi connectivity index (χ4n) is 3.02. The molecule has 1 aliphatic rings. The molecule has 1 aliphatic heterocycles. The fraction of sp³-hybridized carbons (Fsp3) is 0.350. The van der Waals surface area contributed by atoms with Crippen LogP contribution in [0.5, 0.6) is 0 Å². The molecule has 0 atom stereocenters. The van der Waals surface area contributed by atoms with Crippen molar-refractivity contribution in [1.82, 2.24) is 4.90 Å². The van der Waals surface area contributed by atoms with E-state index < -0.39 is 0 Å². The van der Waals surface area contributed by atoms with Gasteiger partial charge in [-0.25, -0.2) is 0 Å². The maximum absolute atomic E-state index is 12.3. The first kappa shape index (κ1) is 20.7. The van der Waals surface area contributed by atoms with Crippen LogP contribution in [-0.4, -0.2) is 29.0 Å². The summed E-state index contributed by atoms with van der Waals surface area (Å²) in [5.41, 5.74) is 1.52. The number of thiophene rings is 1. The molecule has 2 amide bonds. The Balaban J connectivity index is 1.53. The van der Waals surface area contributed by atoms with E-state index in [0.717, 1.165) is 27.5 Å². The van der Waals surface area contributed by atoms with Crippen LogP contribution in [0.15, 0.2) is 29.2 Å². The highest BCUT2D eigenvalue weighted by molar-refractivity contribution is 7.99. The van der Waals surface area contributed by atoms with E-state index in [9.17, 15) is 14.9 Å². The number of carbonyl (C=O) groups is 2. The van der Waals surface area contributed by atoms with Crippen LogP contribution in [-0.2, 0) is 22.6 Å². The quantitative estimate of drug-likeness (QED) is 0.529. The molecule has 1 aromatic heterocycles. The van der Waals surface area contributed by atoms with Crippen LogP contribution in [0.4, 0.5) is 5.00 Å². The Labute approximate surface area is 177 Å². The molecule has 2 heterocycles. The number of hydrogen-bond acceptors (Lipinski definition) is 5. The molecule has 0 fully saturated rings. The minimum absolute atomic E-state index is 0.0290. The lowest BCUT2D eigenvalue weighted by Gasteiger charge is -2.25. The van der Waals surface area contributed by atoms with Crippen LogP contribution in [0.2, 0.25) is 5.02 Å². The van der Waals surface area contributed by atoms with Crippen molar-refractivity contribution in [1.29, 1.82) is 5.26 Å². The molecule has 0 radical (unpaired) electrons. The summed E-state index contributed by atoms with van der Waals surface area (Å²) in [4.78, 5) is 27.8. The molecule has 0 saturated heterocycles. The van der Waals surface area contributed by atoms with Gasteiger partial charge in [0.05, 0.1) is 12.1 Å². The fourth-order valence-corrected chi connectivity index (χ4v) is 5.23. The van der Waals surface area contributed by atoms with Crippen molar-refractivity contribution < 1.29 is 9.59 Å². The van der Waals surface area contributed by atoms with Crippen molar-refractivity contribution in [2.45, 2.75) is 37.6 Å². The molecule has 146 valence electrons. The second kappa shape index (κ2) is 9.46. The van der Waals surface area contributed by atoms with Crippen molar-refractivity contribution in [2.24, 2.45) is 0 Å². The first-order valence-electron chi connectivity index (χ1n) is 8.96. The number of nitriles is 1. The van der Waals surface area contributed by atoms with Crippen LogP contribution in [0.3, 0.4) is 0 Å². The van der Waals surface area contributed by atoms with Crippen LogP contribution in [0, 0.1) is 11.3 Å². The predicted octanol–water partition coefficient (Wildman–Crippen LogP) is 4.69. The molecule has 2 aromatic rings. The van der Waals surface area contributed by atoms with Gasteiger partial charge in [0, 0.05) is 34.7 Å². The largest absolute Gasteiger partial charge is 0.337 e. The van der Waals surface area contributed by atoms with Gasteiger partial charge in [0.2, 0.25) is 11.8 Å². The van der Waals surface area contributed by atoms with Crippen molar-refractivity contribution in [3.8, 4) is 6.07 Å². The molecule has 0 bridgehead atoms. The number of hydrogen-bond donors (Lipinski definition) is 1. The molecule has 0 aliphatic carbocycles. The van der Waals surface area contributed by atoms with Crippen LogP contribution >= 0.6 is 34.7 Å². The summed E-state index contributed by atoms with van der Waals surface area (Å²) in [6.07, 6.45) is 1.79. The van der Waals surface area contributed by atoms with E-state index in [1.807, 2.05) is 24.3 Å². The summed E-state index contributed by atoms with van der Waals surface area (Å²) in [6.45, 7) is 2.68. The maximum atomic E-state index is 12.3. The number of nitrogens with zero attached hydrogens (tertiary/aromatic N) is 2. The number of amides is 2. The van der Waals surface area contributed by atoms with Crippen LogP contribution in [0.1, 0.15) is 35.8 Å². The minimum Gasteiger partial charge on any atom is -0.337 e. The Kier molecular flexibility index (Phi) is 7.00. The number of nitrogens with one attached hydrogen (secondary N) is 1. The second-order valence-corrected chi connectivity index (χ2v) is 9.17. The number of carbonyl (C=O) groups excluding carboxylic acids is 2. The van der Waals surface area contributed by atoms with Gasteiger partial charge in [-0.2, -0.15) is 5.26 Å². The third kappa shape index (κ3) is 5.07. The lowest BCUT2D eigenvalue weighted by molar-refractivity contribution is -0.129. The van der Waals surface area contributed by atoms with E-state index >= 15 is 0 Å². The van der Waals surface area contributed by atoms with Gasteiger partial charge < -0.3 is 10.2 Å². The van der Waals surface area contributed by atoms with Gasteiger partial charge in [-0.05, 0) is 48.4 Å². The van der Waals surface area contributed by atoms with E-state index in [0.29, 0.717) is 41.5 Å². The van der Waals surface area contributed by atoms with Gasteiger partial charge in [0.15, 0.2) is 0 Å². The van der Waals surface area contributed by atoms with Crippen molar-refractivity contribution >= 4 is 51.5 Å². The zero-order valence-corrected chi connectivity index (χ0v) is 17.8. The van der Waals surface area contributed by atoms with E-state index in [1.54, 1.807) is 23.6 Å². The number of rotatable bonds is 6. The number of anilines is 1. The van der Waals surface area contributed by atoms with Crippen LogP contribution in [0.25, 0.3) is 0 Å². The number of fused-ring (bicyclic) bond motifs is 1. The monoisotopic (exact) mass is 433 g/mol. The first-order valence-corrected chi connectivity index (χ1v) is 11.1. The zero-order chi connectivity index (χ0) is 20.1. The highest BCUT2D eigenvalue weighted by Gasteiger charge is 2.26. The Morgan fingerprint density at radius 1 is 1.36 bits per heavy atom. The van der Waals surface area contributed by atoms with E-state index in [2.05, 4.69) is 11.4 Å². The number of benzene rings is 1. The lowest BCUT2D eigenvalue weighted by atomic mass is 10.0. The molecular weight excluding hydrogens is 414 g/mol. The maximum Gasteiger partial charge on any atom is 0.225 e. The van der Waals surface area contributed by atoms with E-state index in [4.69, 9.17) is 11.6 Å². The summed E-state index contributed by atoms with van der Waals surface area (Å²) < 4.78 is 0. The molecule has 1 aromatic carbocycles. The SMILES string of the molecule is CC(=O)N1CCc2c(sc(NC(=O)CCCSc3ccc(Cl)cc3)c2C#N)C1. The molecular formula is C20H20ClN3O2S2. The first-order chi connectivity index (χ1) is 13.5. The normalized spacial score (nSPS) is 13.0. The highest BCUT2D eigenvalue weighted by atomic mass is 35.5. The predicted molar refractivity (Wildman–Crippen MR) is 114 cm³/mol. The summed E-state index contributed by atoms with van der Waals surface area (Å²) in [6, 6.07) is 9.86. The zero-order valence-electron chi connectivity index (χ0n) is 15.5. The van der Waals surface area contributed by atoms with Crippen molar-refractivity contribution in [3.63, 3.8) is 0 Å². The molecule has 0 spiro atoms. The van der Waals surface area contributed by atoms with Crippen molar-refractivity contribution in [2.75, 3.05) is 17.6 Å². The summed E-state index contributed by atoms with van der Waals surface area (Å²) >= 11 is 8.97. The summed E-state index contributed by atoms with van der Waals surface area (Å²) in [5, 5.41) is 13.7. The average molecular weight is 434 g/mol. The Bertz CT molecular complexity index is 919. The van der Waals surface area contributed by atoms with Gasteiger partial charge in [0.25, 0.3) is 0 Å². The van der Waals surface area contributed by atoms with Gasteiger partial charge in [-0.1, -0.05) is 11.6 Å². The summed E-state index contributed by atoms with van der Waals surface area (Å²) in [5.74, 6) is 0.769. The Morgan fingerprint density at radius 3 is 2.79 bits per heavy atom. The van der Waals surface area contributed by atoms with Crippen LogP contribution < -0.4 is 5.32 Å².